The molecule has 0 radical (unpaired) electrons. The third kappa shape index (κ3) is 3.38. The number of amides is 1. The molecule has 1 aliphatic heterocycles. The number of carbonyl (C=O) groups excluding carboxylic acids is 1. The van der Waals surface area contributed by atoms with Crippen LogP contribution in [0.4, 0.5) is 0 Å². The minimum atomic E-state index is -3.70. The SMILES string of the molecule is Cc1ncccc1OC1CCN(S(=O)(=O)c2cc(C(N)=O)n(C)c2)C1. The van der Waals surface area contributed by atoms with Crippen molar-refractivity contribution in [2.24, 2.45) is 12.8 Å². The molecule has 0 bridgehead atoms. The van der Waals surface area contributed by atoms with Crippen LogP contribution >= 0.6 is 0 Å². The lowest BCUT2D eigenvalue weighted by Gasteiger charge is -2.17. The lowest BCUT2D eigenvalue weighted by molar-refractivity contribution is 0.0992. The summed E-state index contributed by atoms with van der Waals surface area (Å²) in [5.41, 5.74) is 6.16. The number of nitrogens with two attached hydrogens (primary N) is 1. The van der Waals surface area contributed by atoms with Gasteiger partial charge in [-0.2, -0.15) is 4.31 Å². The van der Waals surface area contributed by atoms with Gasteiger partial charge in [-0.1, -0.05) is 0 Å². The van der Waals surface area contributed by atoms with Crippen molar-refractivity contribution in [3.05, 3.63) is 42.0 Å². The normalized spacial score (nSPS) is 18.4. The third-order valence-corrected chi connectivity index (χ3v) is 6.06. The number of aromatic nitrogens is 2. The van der Waals surface area contributed by atoms with E-state index in [1.165, 1.54) is 21.1 Å². The molecule has 1 fully saturated rings. The fourth-order valence-corrected chi connectivity index (χ4v) is 4.41. The van der Waals surface area contributed by atoms with E-state index in [9.17, 15) is 13.2 Å². The number of rotatable bonds is 5. The zero-order valence-electron chi connectivity index (χ0n) is 14.0. The second kappa shape index (κ2) is 6.49. The van der Waals surface area contributed by atoms with E-state index in [-0.39, 0.29) is 23.2 Å². The van der Waals surface area contributed by atoms with Crippen LogP contribution in [0.15, 0.2) is 35.5 Å². The van der Waals surface area contributed by atoms with E-state index >= 15 is 0 Å². The van der Waals surface area contributed by atoms with Gasteiger partial charge in [-0.25, -0.2) is 8.42 Å². The average Bonchev–Trinajstić information content (AvgIpc) is 3.17. The average molecular weight is 364 g/mol. The Morgan fingerprint density at radius 2 is 2.20 bits per heavy atom. The number of hydrogen-bond acceptors (Lipinski definition) is 5. The van der Waals surface area contributed by atoms with Crippen LogP contribution in [0.1, 0.15) is 22.6 Å². The number of sulfonamides is 1. The lowest BCUT2D eigenvalue weighted by atomic mass is 10.3. The highest BCUT2D eigenvalue weighted by atomic mass is 32.2. The summed E-state index contributed by atoms with van der Waals surface area (Å²) in [5.74, 6) is -0.0129. The van der Waals surface area contributed by atoms with Crippen molar-refractivity contribution in [1.29, 1.82) is 0 Å². The van der Waals surface area contributed by atoms with Crippen molar-refractivity contribution in [1.82, 2.24) is 13.9 Å². The molecule has 1 atom stereocenters. The molecule has 0 aliphatic carbocycles. The fourth-order valence-electron chi connectivity index (χ4n) is 2.86. The first kappa shape index (κ1) is 17.4. The molecule has 0 saturated carbocycles. The molecule has 0 aromatic carbocycles. The minimum Gasteiger partial charge on any atom is -0.487 e. The maximum Gasteiger partial charge on any atom is 0.265 e. The molecule has 2 N–H and O–H groups in total. The predicted molar refractivity (Wildman–Crippen MR) is 90.7 cm³/mol. The third-order valence-electron chi connectivity index (χ3n) is 4.23. The van der Waals surface area contributed by atoms with Crippen molar-refractivity contribution >= 4 is 15.9 Å². The molecule has 25 heavy (non-hydrogen) atoms. The van der Waals surface area contributed by atoms with Crippen LogP contribution in [0, 0.1) is 6.92 Å². The van der Waals surface area contributed by atoms with Gasteiger partial charge in [0.15, 0.2) is 0 Å². The molecule has 1 saturated heterocycles. The Kier molecular flexibility index (Phi) is 4.53. The number of pyridine rings is 1. The molecule has 134 valence electrons. The van der Waals surface area contributed by atoms with Gasteiger partial charge in [0.2, 0.25) is 10.0 Å². The van der Waals surface area contributed by atoms with Gasteiger partial charge >= 0.3 is 0 Å². The molecule has 3 heterocycles. The summed E-state index contributed by atoms with van der Waals surface area (Å²) in [5, 5.41) is 0. The molecular weight excluding hydrogens is 344 g/mol. The van der Waals surface area contributed by atoms with Gasteiger partial charge in [0.25, 0.3) is 5.91 Å². The fraction of sp³-hybridized carbons (Fsp3) is 0.375. The number of carbonyl (C=O) groups is 1. The molecule has 9 heteroatoms. The molecule has 3 rings (SSSR count). The second-order valence-corrected chi connectivity index (χ2v) is 7.95. The molecule has 8 nitrogen and oxygen atoms in total. The van der Waals surface area contributed by atoms with E-state index in [0.29, 0.717) is 18.7 Å². The van der Waals surface area contributed by atoms with Crippen LogP contribution in [0.3, 0.4) is 0 Å². The topological polar surface area (TPSA) is 108 Å². The number of aryl methyl sites for hydroxylation is 2. The van der Waals surface area contributed by atoms with Crippen LogP contribution in [0.5, 0.6) is 5.75 Å². The molecule has 0 spiro atoms. The molecule has 2 aromatic rings. The second-order valence-electron chi connectivity index (χ2n) is 6.01. The van der Waals surface area contributed by atoms with Gasteiger partial charge in [-0.05, 0) is 31.5 Å². The number of ether oxygens (including phenoxy) is 1. The van der Waals surface area contributed by atoms with Crippen molar-refractivity contribution < 1.29 is 17.9 Å². The van der Waals surface area contributed by atoms with Crippen molar-refractivity contribution in [3.63, 3.8) is 0 Å². The summed E-state index contributed by atoms with van der Waals surface area (Å²) in [6.07, 6.45) is 3.43. The highest BCUT2D eigenvalue weighted by Gasteiger charge is 2.35. The Morgan fingerprint density at radius 3 is 2.84 bits per heavy atom. The Morgan fingerprint density at radius 1 is 1.44 bits per heavy atom. The first-order chi connectivity index (χ1) is 11.8. The van der Waals surface area contributed by atoms with Crippen molar-refractivity contribution in [3.8, 4) is 5.75 Å². The Bertz CT molecular complexity index is 907. The summed E-state index contributed by atoms with van der Waals surface area (Å²) in [6.45, 7) is 2.44. The summed E-state index contributed by atoms with van der Waals surface area (Å²) in [6, 6.07) is 4.90. The smallest absolute Gasteiger partial charge is 0.265 e. The van der Waals surface area contributed by atoms with E-state index in [2.05, 4.69) is 4.98 Å². The van der Waals surface area contributed by atoms with Crippen LogP contribution < -0.4 is 10.5 Å². The Balaban J connectivity index is 1.75. The van der Waals surface area contributed by atoms with Gasteiger partial charge in [0, 0.05) is 26.0 Å². The minimum absolute atomic E-state index is 0.0574. The predicted octanol–water partition coefficient (Wildman–Crippen LogP) is 0.669. The van der Waals surface area contributed by atoms with Crippen molar-refractivity contribution in [2.75, 3.05) is 13.1 Å². The number of primary amides is 1. The summed E-state index contributed by atoms with van der Waals surface area (Å²) in [4.78, 5) is 15.6. The number of hydrogen-bond donors (Lipinski definition) is 1. The van der Waals surface area contributed by atoms with E-state index < -0.39 is 15.9 Å². The summed E-state index contributed by atoms with van der Waals surface area (Å²) >= 11 is 0. The monoisotopic (exact) mass is 364 g/mol. The highest BCUT2D eigenvalue weighted by Crippen LogP contribution is 2.26. The molecular formula is C16H20N4O4S. The van der Waals surface area contributed by atoms with E-state index in [1.54, 1.807) is 19.3 Å². The van der Waals surface area contributed by atoms with E-state index in [0.717, 1.165) is 5.69 Å². The van der Waals surface area contributed by atoms with Gasteiger partial charge in [-0.15, -0.1) is 0 Å². The van der Waals surface area contributed by atoms with Gasteiger partial charge in [0.1, 0.15) is 22.4 Å². The molecule has 1 aliphatic rings. The summed E-state index contributed by atoms with van der Waals surface area (Å²) in [7, 11) is -2.12. The first-order valence-corrected chi connectivity index (χ1v) is 9.27. The highest BCUT2D eigenvalue weighted by molar-refractivity contribution is 7.89. The van der Waals surface area contributed by atoms with Crippen LogP contribution in [-0.4, -0.2) is 47.4 Å². The van der Waals surface area contributed by atoms with Gasteiger partial charge in [0.05, 0.1) is 12.2 Å². The van der Waals surface area contributed by atoms with Crippen LogP contribution in [-0.2, 0) is 17.1 Å². The van der Waals surface area contributed by atoms with Gasteiger partial charge < -0.3 is 15.0 Å². The van der Waals surface area contributed by atoms with Gasteiger partial charge in [-0.3, -0.25) is 9.78 Å². The maximum absolute atomic E-state index is 12.8. The molecule has 1 amide bonds. The van der Waals surface area contributed by atoms with E-state index in [1.807, 2.05) is 13.0 Å². The Labute approximate surface area is 146 Å². The lowest BCUT2D eigenvalue weighted by Crippen LogP contribution is -2.31. The zero-order valence-corrected chi connectivity index (χ0v) is 14.9. The van der Waals surface area contributed by atoms with Crippen molar-refractivity contribution in [2.45, 2.75) is 24.3 Å². The quantitative estimate of drug-likeness (QED) is 0.839. The molecule has 1 unspecified atom stereocenters. The number of nitrogens with zero attached hydrogens (tertiary/aromatic N) is 3. The first-order valence-electron chi connectivity index (χ1n) is 7.83. The van der Waals surface area contributed by atoms with Crippen LogP contribution in [0.2, 0.25) is 0 Å². The summed E-state index contributed by atoms with van der Waals surface area (Å²) < 4.78 is 34.2. The zero-order chi connectivity index (χ0) is 18.2. The largest absolute Gasteiger partial charge is 0.487 e. The maximum atomic E-state index is 12.8. The van der Waals surface area contributed by atoms with E-state index in [4.69, 9.17) is 10.5 Å². The Hall–Kier alpha value is -2.39. The van der Waals surface area contributed by atoms with Crippen LogP contribution in [0.25, 0.3) is 0 Å². The molecule has 2 aromatic heterocycles. The standard InChI is InChI=1S/C16H20N4O4S/c1-11-15(4-3-6-18-11)24-12-5-7-20(9-12)25(22,23)13-8-14(16(17)21)19(2)10-13/h3-4,6,8,10,12H,5,7,9H2,1-2H3,(H2,17,21).